The number of rotatable bonds is 9. The third-order valence-corrected chi connectivity index (χ3v) is 6.01. The van der Waals surface area contributed by atoms with E-state index in [4.69, 9.17) is 0 Å². The van der Waals surface area contributed by atoms with Crippen LogP contribution >= 0.6 is 0 Å². The van der Waals surface area contributed by atoms with Gasteiger partial charge in [0.2, 0.25) is 10.0 Å². The molecule has 2 fully saturated rings. The molecular weight excluding hydrogens is 272 g/mol. The highest BCUT2D eigenvalue weighted by Crippen LogP contribution is 2.28. The standard InChI is InChI=1S/C15H30N2O2S/c1-2-4-13-5-7-15(8-6-13)17-20(18,19)12-3-11-16-14-9-10-14/h13-17H,2-12H2,1H3. The number of nitrogens with one attached hydrogen (secondary N) is 2. The smallest absolute Gasteiger partial charge is 0.211 e. The predicted molar refractivity (Wildman–Crippen MR) is 83.2 cm³/mol. The van der Waals surface area contributed by atoms with Crippen LogP contribution in [0, 0.1) is 5.92 Å². The lowest BCUT2D eigenvalue weighted by Crippen LogP contribution is -2.39. The summed E-state index contributed by atoms with van der Waals surface area (Å²) in [4.78, 5) is 0. The Morgan fingerprint density at radius 2 is 1.65 bits per heavy atom. The third kappa shape index (κ3) is 6.10. The lowest BCUT2D eigenvalue weighted by Gasteiger charge is -2.28. The fourth-order valence-corrected chi connectivity index (χ4v) is 4.53. The van der Waals surface area contributed by atoms with E-state index in [0.29, 0.717) is 6.04 Å². The van der Waals surface area contributed by atoms with Crippen LogP contribution in [0.25, 0.3) is 0 Å². The van der Waals surface area contributed by atoms with E-state index in [-0.39, 0.29) is 11.8 Å². The molecule has 0 atom stereocenters. The molecule has 0 radical (unpaired) electrons. The number of hydrogen-bond donors (Lipinski definition) is 2. The fourth-order valence-electron chi connectivity index (χ4n) is 3.15. The molecule has 0 spiro atoms. The second-order valence-electron chi connectivity index (χ2n) is 6.52. The van der Waals surface area contributed by atoms with Gasteiger partial charge >= 0.3 is 0 Å². The van der Waals surface area contributed by atoms with E-state index in [1.807, 2.05) is 0 Å². The van der Waals surface area contributed by atoms with Gasteiger partial charge in [-0.15, -0.1) is 0 Å². The topological polar surface area (TPSA) is 58.2 Å². The second kappa shape index (κ2) is 7.76. The Bertz CT molecular complexity index is 371. The normalized spacial score (nSPS) is 27.6. The van der Waals surface area contributed by atoms with Crippen molar-refractivity contribution in [2.24, 2.45) is 5.92 Å². The van der Waals surface area contributed by atoms with Gasteiger partial charge < -0.3 is 5.32 Å². The van der Waals surface area contributed by atoms with Crippen LogP contribution in [0.15, 0.2) is 0 Å². The SMILES string of the molecule is CCCC1CCC(NS(=O)(=O)CCCNC2CC2)CC1. The lowest BCUT2D eigenvalue weighted by molar-refractivity contribution is 0.297. The van der Waals surface area contributed by atoms with E-state index in [1.54, 1.807) is 0 Å². The zero-order valence-corrected chi connectivity index (χ0v) is 13.6. The first-order valence-electron chi connectivity index (χ1n) is 8.32. The Kier molecular flexibility index (Phi) is 6.30. The number of sulfonamides is 1. The molecule has 0 aromatic heterocycles. The van der Waals surface area contributed by atoms with Crippen molar-refractivity contribution in [3.8, 4) is 0 Å². The Labute approximate surface area is 124 Å². The van der Waals surface area contributed by atoms with Crippen molar-refractivity contribution in [3.05, 3.63) is 0 Å². The number of hydrogen-bond acceptors (Lipinski definition) is 3. The van der Waals surface area contributed by atoms with Crippen LogP contribution in [0.2, 0.25) is 0 Å². The van der Waals surface area contributed by atoms with E-state index in [0.717, 1.165) is 31.7 Å². The molecule has 0 bridgehead atoms. The van der Waals surface area contributed by atoms with E-state index in [9.17, 15) is 8.42 Å². The van der Waals surface area contributed by atoms with Gasteiger partial charge in [0.25, 0.3) is 0 Å². The van der Waals surface area contributed by atoms with Gasteiger partial charge in [-0.3, -0.25) is 0 Å². The highest BCUT2D eigenvalue weighted by molar-refractivity contribution is 7.89. The van der Waals surface area contributed by atoms with Gasteiger partial charge in [-0.05, 0) is 57.4 Å². The maximum absolute atomic E-state index is 12.0. The van der Waals surface area contributed by atoms with Gasteiger partial charge in [0, 0.05) is 12.1 Å². The Morgan fingerprint density at radius 1 is 1.00 bits per heavy atom. The largest absolute Gasteiger partial charge is 0.314 e. The first-order valence-corrected chi connectivity index (χ1v) is 9.97. The van der Waals surface area contributed by atoms with Crippen LogP contribution in [0.3, 0.4) is 0 Å². The summed E-state index contributed by atoms with van der Waals surface area (Å²) in [6.45, 7) is 3.05. The van der Waals surface area contributed by atoms with Crippen molar-refractivity contribution < 1.29 is 8.42 Å². The Hall–Kier alpha value is -0.130. The summed E-state index contributed by atoms with van der Waals surface area (Å²) < 4.78 is 27.0. The molecule has 0 saturated heterocycles. The Morgan fingerprint density at radius 3 is 2.25 bits per heavy atom. The molecule has 2 aliphatic carbocycles. The van der Waals surface area contributed by atoms with Gasteiger partial charge in [0.1, 0.15) is 0 Å². The van der Waals surface area contributed by atoms with Gasteiger partial charge in [-0.2, -0.15) is 0 Å². The van der Waals surface area contributed by atoms with Crippen LogP contribution in [0.5, 0.6) is 0 Å². The Balaban J connectivity index is 1.61. The molecular formula is C15H30N2O2S. The lowest BCUT2D eigenvalue weighted by atomic mass is 9.84. The van der Waals surface area contributed by atoms with Crippen molar-refractivity contribution in [3.63, 3.8) is 0 Å². The predicted octanol–water partition coefficient (Wildman–Crippen LogP) is 2.41. The average molecular weight is 302 g/mol. The molecule has 2 N–H and O–H groups in total. The first-order chi connectivity index (χ1) is 9.59. The molecule has 2 saturated carbocycles. The molecule has 0 unspecified atom stereocenters. The third-order valence-electron chi connectivity index (χ3n) is 4.49. The van der Waals surface area contributed by atoms with Gasteiger partial charge in [0.05, 0.1) is 5.75 Å². The van der Waals surface area contributed by atoms with Crippen molar-refractivity contribution in [1.29, 1.82) is 0 Å². The fraction of sp³-hybridized carbons (Fsp3) is 1.00. The maximum atomic E-state index is 12.0. The second-order valence-corrected chi connectivity index (χ2v) is 8.40. The van der Waals surface area contributed by atoms with Gasteiger partial charge in [-0.25, -0.2) is 13.1 Å². The summed E-state index contributed by atoms with van der Waals surface area (Å²) in [5.74, 6) is 1.09. The molecule has 0 aromatic rings. The van der Waals surface area contributed by atoms with Crippen molar-refractivity contribution in [2.75, 3.05) is 12.3 Å². The highest BCUT2D eigenvalue weighted by atomic mass is 32.2. The zero-order valence-electron chi connectivity index (χ0n) is 12.7. The monoisotopic (exact) mass is 302 g/mol. The van der Waals surface area contributed by atoms with Crippen molar-refractivity contribution in [2.45, 2.75) is 76.8 Å². The van der Waals surface area contributed by atoms with Crippen LogP contribution < -0.4 is 10.0 Å². The van der Waals surface area contributed by atoms with Crippen molar-refractivity contribution >= 4 is 10.0 Å². The summed E-state index contributed by atoms with van der Waals surface area (Å²) in [7, 11) is -3.08. The molecule has 0 aliphatic heterocycles. The van der Waals surface area contributed by atoms with E-state index in [1.165, 1.54) is 38.5 Å². The first kappa shape index (κ1) is 16.2. The van der Waals surface area contributed by atoms with Crippen LogP contribution in [-0.4, -0.2) is 32.8 Å². The minimum absolute atomic E-state index is 0.185. The van der Waals surface area contributed by atoms with Crippen molar-refractivity contribution in [1.82, 2.24) is 10.0 Å². The molecule has 0 heterocycles. The van der Waals surface area contributed by atoms with Crippen LogP contribution in [0.1, 0.15) is 64.7 Å². The van der Waals surface area contributed by atoms with Crippen LogP contribution in [-0.2, 0) is 10.0 Å². The highest BCUT2D eigenvalue weighted by Gasteiger charge is 2.24. The molecule has 5 heteroatoms. The molecule has 20 heavy (non-hydrogen) atoms. The molecule has 0 aromatic carbocycles. The quantitative estimate of drug-likeness (QED) is 0.643. The van der Waals surface area contributed by atoms with Crippen LogP contribution in [0.4, 0.5) is 0 Å². The minimum atomic E-state index is -3.08. The summed E-state index contributed by atoms with van der Waals surface area (Å²) in [5, 5.41) is 3.36. The zero-order chi connectivity index (χ0) is 14.4. The average Bonchev–Trinajstić information content (AvgIpc) is 3.21. The van der Waals surface area contributed by atoms with Gasteiger partial charge in [0.15, 0.2) is 0 Å². The van der Waals surface area contributed by atoms with E-state index < -0.39 is 10.0 Å². The van der Waals surface area contributed by atoms with E-state index in [2.05, 4.69) is 17.0 Å². The summed E-state index contributed by atoms with van der Waals surface area (Å²) >= 11 is 0. The molecule has 4 nitrogen and oxygen atoms in total. The summed E-state index contributed by atoms with van der Waals surface area (Å²) in [5.41, 5.74) is 0. The summed E-state index contributed by atoms with van der Waals surface area (Å²) in [6.07, 6.45) is 10.2. The minimum Gasteiger partial charge on any atom is -0.314 e. The molecule has 118 valence electrons. The summed E-state index contributed by atoms with van der Waals surface area (Å²) in [6, 6.07) is 0.851. The maximum Gasteiger partial charge on any atom is 0.211 e. The molecule has 2 aliphatic rings. The van der Waals surface area contributed by atoms with Gasteiger partial charge in [-0.1, -0.05) is 19.8 Å². The molecule has 0 amide bonds. The molecule has 2 rings (SSSR count). The van der Waals surface area contributed by atoms with E-state index >= 15 is 0 Å².